The number of aromatic nitrogens is 2. The molecule has 1 saturated carbocycles. The number of benzene rings is 1. The number of halogens is 1. The van der Waals surface area contributed by atoms with Gasteiger partial charge in [-0.2, -0.15) is 5.10 Å². The molecule has 1 aromatic heterocycles. The molecule has 0 unspecified atom stereocenters. The third-order valence-electron chi connectivity index (χ3n) is 6.16. The highest BCUT2D eigenvalue weighted by Gasteiger charge is 2.47. The monoisotopic (exact) mass is 372 g/mol. The maximum Gasteiger partial charge on any atom is 0.274 e. The van der Waals surface area contributed by atoms with Crippen molar-refractivity contribution in [2.45, 2.75) is 24.8 Å². The third-order valence-corrected chi connectivity index (χ3v) is 6.16. The Balaban J connectivity index is 0.00000168. The second-order valence-electron chi connectivity index (χ2n) is 7.91. The maximum absolute atomic E-state index is 12.9. The van der Waals surface area contributed by atoms with Crippen LogP contribution < -0.4 is 0 Å². The number of H-pyrrole nitrogens is 1. The van der Waals surface area contributed by atoms with E-state index in [2.05, 4.69) is 52.5 Å². The number of amides is 1. The van der Waals surface area contributed by atoms with Crippen LogP contribution in [0.1, 0.15) is 46.5 Å². The standard InChI is InChI=1S/C20H24N4O.ClH/c1-23-10-15-11-24(12-16(15)19(23)14-5-3-2-4-6-14)20(25)18-9-17(21-22-18)13-7-8-13;/h2-6,9,13,15-16,19H,7-8,10-12H2,1H3,(H,21,22);1H/t15-,16+,19-;/m0./s1. The predicted octanol–water partition coefficient (Wildman–Crippen LogP) is 3.08. The van der Waals surface area contributed by atoms with Crippen LogP contribution in [0, 0.1) is 11.8 Å². The smallest absolute Gasteiger partial charge is 0.274 e. The molecule has 0 bridgehead atoms. The average Bonchev–Trinajstić information content (AvgIpc) is 3.09. The molecule has 3 atom stereocenters. The fourth-order valence-corrected chi connectivity index (χ4v) is 4.79. The Morgan fingerprint density at radius 1 is 1.15 bits per heavy atom. The molecule has 3 heterocycles. The lowest BCUT2D eigenvalue weighted by Crippen LogP contribution is -2.33. The number of fused-ring (bicyclic) bond motifs is 1. The normalized spacial score (nSPS) is 28.0. The SMILES string of the molecule is CN1C[C@H]2CN(C(=O)c3cc(C4CC4)[nH]n3)C[C@H]2[C@@H]1c1ccccc1.Cl. The summed E-state index contributed by atoms with van der Waals surface area (Å²) in [6.07, 6.45) is 2.43. The van der Waals surface area contributed by atoms with Gasteiger partial charge in [-0.15, -0.1) is 12.4 Å². The van der Waals surface area contributed by atoms with Crippen molar-refractivity contribution in [2.75, 3.05) is 26.7 Å². The molecule has 1 aromatic carbocycles. The topological polar surface area (TPSA) is 52.2 Å². The van der Waals surface area contributed by atoms with Gasteiger partial charge in [0.05, 0.1) is 0 Å². The lowest BCUT2D eigenvalue weighted by molar-refractivity contribution is 0.0762. The summed E-state index contributed by atoms with van der Waals surface area (Å²) in [7, 11) is 2.21. The Morgan fingerprint density at radius 2 is 1.92 bits per heavy atom. The van der Waals surface area contributed by atoms with Crippen LogP contribution in [0.2, 0.25) is 0 Å². The van der Waals surface area contributed by atoms with E-state index in [9.17, 15) is 4.79 Å². The number of aromatic amines is 1. The average molecular weight is 373 g/mol. The van der Waals surface area contributed by atoms with Gasteiger partial charge >= 0.3 is 0 Å². The molecule has 0 spiro atoms. The van der Waals surface area contributed by atoms with Crippen LogP contribution in [0.3, 0.4) is 0 Å². The van der Waals surface area contributed by atoms with Crippen molar-refractivity contribution in [1.82, 2.24) is 20.0 Å². The Kier molecular flexibility index (Phi) is 4.53. The minimum absolute atomic E-state index is 0. The van der Waals surface area contributed by atoms with Crippen molar-refractivity contribution in [2.24, 2.45) is 11.8 Å². The molecule has 2 aromatic rings. The summed E-state index contributed by atoms with van der Waals surface area (Å²) < 4.78 is 0. The van der Waals surface area contributed by atoms with Crippen LogP contribution in [0.15, 0.2) is 36.4 Å². The van der Waals surface area contributed by atoms with Crippen molar-refractivity contribution < 1.29 is 4.79 Å². The van der Waals surface area contributed by atoms with Gasteiger partial charge in [-0.1, -0.05) is 30.3 Å². The van der Waals surface area contributed by atoms with Crippen molar-refractivity contribution in [3.05, 3.63) is 53.3 Å². The van der Waals surface area contributed by atoms with E-state index in [1.165, 1.54) is 18.4 Å². The Bertz CT molecular complexity index is 788. The molecule has 26 heavy (non-hydrogen) atoms. The largest absolute Gasteiger partial charge is 0.337 e. The molecule has 138 valence electrons. The number of likely N-dealkylation sites (tertiary alicyclic amines) is 2. The van der Waals surface area contributed by atoms with Crippen molar-refractivity contribution in [1.29, 1.82) is 0 Å². The van der Waals surface area contributed by atoms with Gasteiger partial charge in [0.25, 0.3) is 5.91 Å². The van der Waals surface area contributed by atoms with Gasteiger partial charge in [-0.25, -0.2) is 0 Å². The van der Waals surface area contributed by atoms with Gasteiger partial charge in [-0.3, -0.25) is 14.8 Å². The molecule has 3 fully saturated rings. The third kappa shape index (κ3) is 2.93. The van der Waals surface area contributed by atoms with Crippen LogP contribution in [0.5, 0.6) is 0 Å². The molecule has 5 rings (SSSR count). The molecule has 3 aliphatic rings. The van der Waals surface area contributed by atoms with E-state index in [1.54, 1.807) is 0 Å². The molecular formula is C20H25ClN4O. The number of hydrogen-bond acceptors (Lipinski definition) is 3. The van der Waals surface area contributed by atoms with Gasteiger partial charge in [0, 0.05) is 43.2 Å². The zero-order chi connectivity index (χ0) is 17.0. The lowest BCUT2D eigenvalue weighted by atomic mass is 9.90. The zero-order valence-electron chi connectivity index (χ0n) is 15.0. The molecular weight excluding hydrogens is 348 g/mol. The number of rotatable bonds is 3. The molecule has 1 N–H and O–H groups in total. The second kappa shape index (κ2) is 6.71. The first-order valence-electron chi connectivity index (χ1n) is 9.30. The minimum Gasteiger partial charge on any atom is -0.337 e. The van der Waals surface area contributed by atoms with Crippen LogP contribution in [-0.4, -0.2) is 52.6 Å². The molecule has 5 nitrogen and oxygen atoms in total. The highest BCUT2D eigenvalue weighted by molar-refractivity contribution is 5.92. The summed E-state index contributed by atoms with van der Waals surface area (Å²) in [4.78, 5) is 17.4. The van der Waals surface area contributed by atoms with Gasteiger partial charge in [0.15, 0.2) is 0 Å². The molecule has 1 amide bonds. The first kappa shape index (κ1) is 17.6. The Hall–Kier alpha value is -1.85. The van der Waals surface area contributed by atoms with Crippen LogP contribution in [0.4, 0.5) is 0 Å². The van der Waals surface area contributed by atoms with E-state index >= 15 is 0 Å². The summed E-state index contributed by atoms with van der Waals surface area (Å²) in [5.74, 6) is 1.76. The molecule has 1 aliphatic carbocycles. The highest BCUT2D eigenvalue weighted by atomic mass is 35.5. The summed E-state index contributed by atoms with van der Waals surface area (Å²) in [6, 6.07) is 13.1. The summed E-state index contributed by atoms with van der Waals surface area (Å²) in [6.45, 7) is 2.74. The van der Waals surface area contributed by atoms with E-state index in [1.807, 2.05) is 11.0 Å². The van der Waals surface area contributed by atoms with Crippen LogP contribution in [0.25, 0.3) is 0 Å². The number of nitrogens with one attached hydrogen (secondary N) is 1. The van der Waals surface area contributed by atoms with Crippen LogP contribution in [-0.2, 0) is 0 Å². The molecule has 0 radical (unpaired) electrons. The van der Waals surface area contributed by atoms with Gasteiger partial charge in [0.2, 0.25) is 0 Å². The Morgan fingerprint density at radius 3 is 2.65 bits per heavy atom. The van der Waals surface area contributed by atoms with Crippen molar-refractivity contribution in [3.8, 4) is 0 Å². The van der Waals surface area contributed by atoms with E-state index in [0.29, 0.717) is 29.5 Å². The first-order valence-corrected chi connectivity index (χ1v) is 9.30. The number of carbonyl (C=O) groups is 1. The molecule has 6 heteroatoms. The van der Waals surface area contributed by atoms with E-state index in [-0.39, 0.29) is 18.3 Å². The quantitative estimate of drug-likeness (QED) is 0.900. The highest BCUT2D eigenvalue weighted by Crippen LogP contribution is 2.44. The van der Waals surface area contributed by atoms with Crippen molar-refractivity contribution >= 4 is 18.3 Å². The summed E-state index contributed by atoms with van der Waals surface area (Å²) in [5.41, 5.74) is 3.08. The lowest BCUT2D eigenvalue weighted by Gasteiger charge is -2.26. The zero-order valence-corrected chi connectivity index (χ0v) is 15.8. The molecule has 2 saturated heterocycles. The van der Waals surface area contributed by atoms with E-state index < -0.39 is 0 Å². The number of hydrogen-bond donors (Lipinski definition) is 1. The first-order chi connectivity index (χ1) is 12.2. The van der Waals surface area contributed by atoms with E-state index in [0.717, 1.165) is 25.3 Å². The second-order valence-corrected chi connectivity index (χ2v) is 7.91. The molecule has 2 aliphatic heterocycles. The fraction of sp³-hybridized carbons (Fsp3) is 0.500. The minimum atomic E-state index is 0. The van der Waals surface area contributed by atoms with E-state index in [4.69, 9.17) is 0 Å². The Labute approximate surface area is 160 Å². The van der Waals surface area contributed by atoms with Gasteiger partial charge < -0.3 is 4.90 Å². The summed E-state index contributed by atoms with van der Waals surface area (Å²) >= 11 is 0. The fourth-order valence-electron chi connectivity index (χ4n) is 4.79. The number of nitrogens with zero attached hydrogens (tertiary/aromatic N) is 3. The predicted molar refractivity (Wildman–Crippen MR) is 103 cm³/mol. The maximum atomic E-state index is 12.9. The van der Waals surface area contributed by atoms with Crippen molar-refractivity contribution in [3.63, 3.8) is 0 Å². The van der Waals surface area contributed by atoms with Crippen LogP contribution >= 0.6 is 12.4 Å². The summed E-state index contributed by atoms with van der Waals surface area (Å²) in [5, 5.41) is 7.34. The van der Waals surface area contributed by atoms with Gasteiger partial charge in [0.1, 0.15) is 5.69 Å². The number of carbonyl (C=O) groups excluding carboxylic acids is 1. The van der Waals surface area contributed by atoms with Gasteiger partial charge in [-0.05, 0) is 37.4 Å².